The van der Waals surface area contributed by atoms with E-state index in [-0.39, 0.29) is 6.54 Å². The SMILES string of the molecule is N#Cc1cc(-c2ccc3c(c2)N(S(=O)(=O)c2cc4ccccc4s2)CCO3)cs1. The topological polar surface area (TPSA) is 70.4 Å². The molecular formula is C21H14N2O3S3. The van der Waals surface area contributed by atoms with Gasteiger partial charge in [0.1, 0.15) is 27.5 Å². The quantitative estimate of drug-likeness (QED) is 0.447. The summed E-state index contributed by atoms with van der Waals surface area (Å²) in [5.74, 6) is 0.542. The van der Waals surface area contributed by atoms with E-state index in [1.54, 1.807) is 18.2 Å². The Hall–Kier alpha value is -2.86. The van der Waals surface area contributed by atoms with Crippen LogP contribution in [-0.4, -0.2) is 21.6 Å². The van der Waals surface area contributed by atoms with Crippen LogP contribution in [0.5, 0.6) is 5.75 Å². The van der Waals surface area contributed by atoms with Crippen molar-refractivity contribution in [2.75, 3.05) is 17.5 Å². The number of benzene rings is 2. The summed E-state index contributed by atoms with van der Waals surface area (Å²) in [6.45, 7) is 0.549. The van der Waals surface area contributed by atoms with E-state index in [9.17, 15) is 8.42 Å². The molecule has 0 spiro atoms. The second-order valence-electron chi connectivity index (χ2n) is 6.52. The molecule has 0 amide bonds. The first-order chi connectivity index (χ1) is 14.1. The van der Waals surface area contributed by atoms with Gasteiger partial charge in [0.05, 0.1) is 12.2 Å². The van der Waals surface area contributed by atoms with Crippen LogP contribution < -0.4 is 9.04 Å². The number of thiophene rings is 2. The molecule has 0 atom stereocenters. The molecular weight excluding hydrogens is 424 g/mol. The molecule has 29 heavy (non-hydrogen) atoms. The van der Waals surface area contributed by atoms with Crippen molar-refractivity contribution in [1.29, 1.82) is 5.26 Å². The molecule has 8 heteroatoms. The molecule has 1 aliphatic rings. The van der Waals surface area contributed by atoms with Gasteiger partial charge in [0.2, 0.25) is 0 Å². The van der Waals surface area contributed by atoms with E-state index in [4.69, 9.17) is 10.00 Å². The van der Waals surface area contributed by atoms with Gasteiger partial charge in [-0.3, -0.25) is 4.31 Å². The van der Waals surface area contributed by atoms with Crippen LogP contribution in [0.25, 0.3) is 21.2 Å². The summed E-state index contributed by atoms with van der Waals surface area (Å²) in [5.41, 5.74) is 2.26. The van der Waals surface area contributed by atoms with Crippen LogP contribution in [0.15, 0.2) is 64.2 Å². The number of hydrogen-bond acceptors (Lipinski definition) is 6. The largest absolute Gasteiger partial charge is 0.489 e. The molecule has 4 aromatic rings. The molecule has 0 bridgehead atoms. The molecule has 1 aliphatic heterocycles. The third-order valence-corrected chi connectivity index (χ3v) is 8.98. The number of nitriles is 1. The minimum absolute atomic E-state index is 0.250. The number of sulfonamides is 1. The lowest BCUT2D eigenvalue weighted by Gasteiger charge is -2.30. The van der Waals surface area contributed by atoms with Crippen LogP contribution in [0.1, 0.15) is 4.88 Å². The molecule has 0 radical (unpaired) electrons. The van der Waals surface area contributed by atoms with Crippen LogP contribution in [0.3, 0.4) is 0 Å². The molecule has 0 saturated heterocycles. The van der Waals surface area contributed by atoms with Crippen LogP contribution in [0.2, 0.25) is 0 Å². The summed E-state index contributed by atoms with van der Waals surface area (Å²) in [7, 11) is -3.71. The molecule has 5 rings (SSSR count). The van der Waals surface area contributed by atoms with Crippen molar-refractivity contribution in [3.63, 3.8) is 0 Å². The maximum atomic E-state index is 13.5. The highest BCUT2D eigenvalue weighted by atomic mass is 32.2. The van der Waals surface area contributed by atoms with Crippen LogP contribution in [-0.2, 0) is 10.0 Å². The maximum Gasteiger partial charge on any atom is 0.274 e. The van der Waals surface area contributed by atoms with Gasteiger partial charge in [-0.15, -0.1) is 22.7 Å². The van der Waals surface area contributed by atoms with E-state index in [0.717, 1.165) is 21.2 Å². The van der Waals surface area contributed by atoms with Crippen molar-refractivity contribution in [2.45, 2.75) is 4.21 Å². The minimum Gasteiger partial charge on any atom is -0.489 e. The second-order valence-corrected chi connectivity index (χ2v) is 10.6. The lowest BCUT2D eigenvalue weighted by Crippen LogP contribution is -2.37. The van der Waals surface area contributed by atoms with Crippen molar-refractivity contribution in [3.8, 4) is 22.9 Å². The summed E-state index contributed by atoms with van der Waals surface area (Å²) in [6, 6.07) is 18.8. The average Bonchev–Trinajstić information content (AvgIpc) is 3.40. The summed E-state index contributed by atoms with van der Waals surface area (Å²) in [6.07, 6.45) is 0. The predicted octanol–water partition coefficient (Wildman–Crippen LogP) is 5.09. The Balaban J connectivity index is 1.60. The van der Waals surface area contributed by atoms with E-state index in [1.807, 2.05) is 41.8 Å². The van der Waals surface area contributed by atoms with Gasteiger partial charge in [-0.05, 0) is 52.2 Å². The minimum atomic E-state index is -3.71. The summed E-state index contributed by atoms with van der Waals surface area (Å²) < 4.78 is 35.3. The maximum absolute atomic E-state index is 13.5. The normalized spacial score (nSPS) is 13.7. The van der Waals surface area contributed by atoms with Crippen LogP contribution in [0, 0.1) is 11.3 Å². The fraction of sp³-hybridized carbons (Fsp3) is 0.0952. The van der Waals surface area contributed by atoms with Gasteiger partial charge in [-0.25, -0.2) is 8.42 Å². The number of nitrogens with zero attached hydrogens (tertiary/aromatic N) is 2. The zero-order valence-electron chi connectivity index (χ0n) is 15.0. The van der Waals surface area contributed by atoms with Crippen LogP contribution >= 0.6 is 22.7 Å². The third kappa shape index (κ3) is 3.08. The summed E-state index contributed by atoms with van der Waals surface area (Å²) >= 11 is 2.64. The lowest BCUT2D eigenvalue weighted by molar-refractivity contribution is 0.316. The highest BCUT2D eigenvalue weighted by Crippen LogP contribution is 2.41. The first-order valence-corrected chi connectivity index (χ1v) is 12.0. The second kappa shape index (κ2) is 6.88. The van der Waals surface area contributed by atoms with Gasteiger partial charge < -0.3 is 4.74 Å². The summed E-state index contributed by atoms with van der Waals surface area (Å²) in [5, 5.41) is 11.9. The number of rotatable bonds is 3. The van der Waals surface area contributed by atoms with Gasteiger partial charge in [-0.2, -0.15) is 5.26 Å². The zero-order valence-corrected chi connectivity index (χ0v) is 17.5. The lowest BCUT2D eigenvalue weighted by atomic mass is 10.1. The smallest absolute Gasteiger partial charge is 0.274 e. The molecule has 0 aliphatic carbocycles. The number of anilines is 1. The van der Waals surface area contributed by atoms with E-state index in [0.29, 0.717) is 27.1 Å². The first-order valence-electron chi connectivity index (χ1n) is 8.83. The molecule has 2 aromatic carbocycles. The number of hydrogen-bond donors (Lipinski definition) is 0. The molecule has 0 unspecified atom stereocenters. The molecule has 0 fully saturated rings. The van der Waals surface area contributed by atoms with E-state index >= 15 is 0 Å². The Morgan fingerprint density at radius 2 is 1.93 bits per heavy atom. The number of ether oxygens (including phenoxy) is 1. The van der Waals surface area contributed by atoms with Crippen molar-refractivity contribution >= 4 is 48.5 Å². The van der Waals surface area contributed by atoms with Gasteiger partial charge >= 0.3 is 0 Å². The third-order valence-electron chi connectivity index (χ3n) is 4.77. The van der Waals surface area contributed by atoms with Gasteiger partial charge in [0, 0.05) is 4.70 Å². The molecule has 2 aromatic heterocycles. The first kappa shape index (κ1) is 18.2. The van der Waals surface area contributed by atoms with Gasteiger partial charge in [0.25, 0.3) is 10.0 Å². The van der Waals surface area contributed by atoms with Crippen LogP contribution in [0.4, 0.5) is 5.69 Å². The number of fused-ring (bicyclic) bond motifs is 2. The standard InChI is InChI=1S/C21H14N2O3S3/c22-12-17-9-16(13-27-17)14-5-6-19-18(10-14)23(7-8-26-19)29(24,25)21-11-15-3-1-2-4-20(15)28-21/h1-6,9-11,13H,7-8H2. The van der Waals surface area contributed by atoms with Gasteiger partial charge in [0.15, 0.2) is 0 Å². The highest BCUT2D eigenvalue weighted by molar-refractivity contribution is 7.95. The Morgan fingerprint density at radius 3 is 2.72 bits per heavy atom. The molecule has 0 saturated carbocycles. The molecule has 3 heterocycles. The van der Waals surface area contributed by atoms with E-state index in [2.05, 4.69) is 6.07 Å². The van der Waals surface area contributed by atoms with Crippen molar-refractivity contribution < 1.29 is 13.2 Å². The van der Waals surface area contributed by atoms with Gasteiger partial charge in [-0.1, -0.05) is 24.3 Å². The predicted molar refractivity (Wildman–Crippen MR) is 116 cm³/mol. The van der Waals surface area contributed by atoms with E-state index in [1.165, 1.54) is 27.0 Å². The highest BCUT2D eigenvalue weighted by Gasteiger charge is 2.31. The Labute approximate surface area is 176 Å². The van der Waals surface area contributed by atoms with Crippen molar-refractivity contribution in [1.82, 2.24) is 0 Å². The molecule has 5 nitrogen and oxygen atoms in total. The molecule has 0 N–H and O–H groups in total. The fourth-order valence-electron chi connectivity index (χ4n) is 3.36. The monoisotopic (exact) mass is 438 g/mol. The van der Waals surface area contributed by atoms with Crippen molar-refractivity contribution in [2.24, 2.45) is 0 Å². The average molecular weight is 439 g/mol. The molecule has 144 valence electrons. The summed E-state index contributed by atoms with van der Waals surface area (Å²) in [4.78, 5) is 0.615. The fourth-order valence-corrected chi connectivity index (χ4v) is 7.03. The Bertz CT molecular complexity index is 1350. The van der Waals surface area contributed by atoms with Crippen molar-refractivity contribution in [3.05, 3.63) is 64.9 Å². The van der Waals surface area contributed by atoms with E-state index < -0.39 is 10.0 Å². The zero-order chi connectivity index (χ0) is 20.0. The Kier molecular flexibility index (Phi) is 4.32. The Morgan fingerprint density at radius 1 is 1.07 bits per heavy atom.